The van der Waals surface area contributed by atoms with E-state index in [0.29, 0.717) is 11.3 Å². The Morgan fingerprint density at radius 2 is 2.24 bits per heavy atom. The molecule has 2 rings (SSSR count). The van der Waals surface area contributed by atoms with Gasteiger partial charge in [0.1, 0.15) is 10.7 Å². The number of hydrogen-bond donors (Lipinski definition) is 2. The van der Waals surface area contributed by atoms with E-state index in [2.05, 4.69) is 10.6 Å². The number of halogens is 1. The summed E-state index contributed by atoms with van der Waals surface area (Å²) in [5.41, 5.74) is 0.527. The first-order valence-corrected chi connectivity index (χ1v) is 9.44. The van der Waals surface area contributed by atoms with Crippen LogP contribution >= 0.6 is 11.8 Å². The molecular weight excluding hydrogens is 315 g/mol. The van der Waals surface area contributed by atoms with E-state index in [4.69, 9.17) is 0 Å². The number of amides is 1. The molecule has 1 aliphatic rings. The van der Waals surface area contributed by atoms with Crippen LogP contribution < -0.4 is 10.6 Å². The summed E-state index contributed by atoms with van der Waals surface area (Å²) in [5.74, 6) is 0.509. The minimum absolute atomic E-state index is 0.139. The number of hydrogen-bond acceptors (Lipinski definition) is 5. The molecule has 0 aromatic heterocycles. The van der Waals surface area contributed by atoms with Gasteiger partial charge in [-0.25, -0.2) is 12.8 Å². The maximum absolute atomic E-state index is 13.8. The maximum Gasteiger partial charge on any atom is 0.238 e. The van der Waals surface area contributed by atoms with Crippen LogP contribution in [-0.4, -0.2) is 38.3 Å². The van der Waals surface area contributed by atoms with Crippen LogP contribution in [0.4, 0.5) is 4.39 Å². The summed E-state index contributed by atoms with van der Waals surface area (Å²) in [5, 5.41) is 5.84. The first-order valence-electron chi connectivity index (χ1n) is 6.40. The molecule has 1 amide bonds. The van der Waals surface area contributed by atoms with Crippen molar-refractivity contribution in [2.45, 2.75) is 23.9 Å². The van der Waals surface area contributed by atoms with Crippen molar-refractivity contribution in [3.05, 3.63) is 29.6 Å². The van der Waals surface area contributed by atoms with E-state index >= 15 is 0 Å². The summed E-state index contributed by atoms with van der Waals surface area (Å²) in [6, 6.07) is 3.26. The van der Waals surface area contributed by atoms with Crippen molar-refractivity contribution in [3.63, 3.8) is 0 Å². The van der Waals surface area contributed by atoms with Crippen molar-refractivity contribution in [2.75, 3.05) is 17.9 Å². The topological polar surface area (TPSA) is 75.3 Å². The molecule has 8 heteroatoms. The standard InChI is InChI=1S/C13H17FN2O3S2/c1-8(16-13(17)11-6-20-7-15-11)9-3-4-12(10(14)5-9)21(2,18)19/h3-5,8,11,15H,6-7H2,1-2H3,(H,16,17). The van der Waals surface area contributed by atoms with Gasteiger partial charge in [-0.15, -0.1) is 11.8 Å². The van der Waals surface area contributed by atoms with Gasteiger partial charge >= 0.3 is 0 Å². The van der Waals surface area contributed by atoms with Gasteiger partial charge < -0.3 is 5.32 Å². The molecule has 1 aliphatic heterocycles. The number of benzene rings is 1. The highest BCUT2D eigenvalue weighted by atomic mass is 32.2. The Morgan fingerprint density at radius 1 is 1.52 bits per heavy atom. The van der Waals surface area contributed by atoms with E-state index < -0.39 is 21.7 Å². The highest BCUT2D eigenvalue weighted by Gasteiger charge is 2.24. The molecule has 0 saturated carbocycles. The predicted molar refractivity (Wildman–Crippen MR) is 80.3 cm³/mol. The van der Waals surface area contributed by atoms with Gasteiger partial charge in [0.15, 0.2) is 9.84 Å². The Hall–Kier alpha value is -1.12. The Morgan fingerprint density at radius 3 is 2.76 bits per heavy atom. The Labute approximate surface area is 127 Å². The van der Waals surface area contributed by atoms with E-state index in [1.807, 2.05) is 0 Å². The van der Waals surface area contributed by atoms with Crippen LogP contribution in [0.25, 0.3) is 0 Å². The molecule has 0 spiro atoms. The Bertz CT molecular complexity index is 643. The molecule has 0 bridgehead atoms. The van der Waals surface area contributed by atoms with Gasteiger partial charge in [-0.2, -0.15) is 0 Å². The smallest absolute Gasteiger partial charge is 0.238 e. The fourth-order valence-electron chi connectivity index (χ4n) is 2.05. The molecule has 1 aromatic rings. The lowest BCUT2D eigenvalue weighted by atomic mass is 10.1. The molecule has 2 N–H and O–H groups in total. The molecule has 1 aromatic carbocycles. The lowest BCUT2D eigenvalue weighted by Crippen LogP contribution is -2.42. The van der Waals surface area contributed by atoms with Gasteiger partial charge in [0.25, 0.3) is 0 Å². The van der Waals surface area contributed by atoms with E-state index in [-0.39, 0.29) is 16.8 Å². The number of thioether (sulfide) groups is 1. The van der Waals surface area contributed by atoms with Gasteiger partial charge in [0.2, 0.25) is 5.91 Å². The lowest BCUT2D eigenvalue weighted by molar-refractivity contribution is -0.123. The second-order valence-corrected chi connectivity index (χ2v) is 7.98. The van der Waals surface area contributed by atoms with E-state index in [9.17, 15) is 17.6 Å². The molecule has 1 saturated heterocycles. The third-order valence-electron chi connectivity index (χ3n) is 3.25. The van der Waals surface area contributed by atoms with Crippen LogP contribution in [0.5, 0.6) is 0 Å². The third kappa shape index (κ3) is 3.96. The average molecular weight is 332 g/mol. The summed E-state index contributed by atoms with van der Waals surface area (Å²) >= 11 is 1.64. The summed E-state index contributed by atoms with van der Waals surface area (Å²) in [6.07, 6.45) is 0.958. The van der Waals surface area contributed by atoms with Crippen molar-refractivity contribution in [2.24, 2.45) is 0 Å². The normalized spacial score (nSPS) is 20.2. The molecule has 2 atom stereocenters. The molecule has 0 radical (unpaired) electrons. The van der Waals surface area contributed by atoms with E-state index in [1.165, 1.54) is 12.1 Å². The van der Waals surface area contributed by atoms with Gasteiger partial charge in [-0.1, -0.05) is 6.07 Å². The van der Waals surface area contributed by atoms with Crippen molar-refractivity contribution >= 4 is 27.5 Å². The predicted octanol–water partition coefficient (Wildman–Crippen LogP) is 1.07. The van der Waals surface area contributed by atoms with Gasteiger partial charge in [0, 0.05) is 17.9 Å². The number of carbonyl (C=O) groups is 1. The van der Waals surface area contributed by atoms with Crippen molar-refractivity contribution in [3.8, 4) is 0 Å². The van der Waals surface area contributed by atoms with Gasteiger partial charge in [-0.05, 0) is 24.6 Å². The van der Waals surface area contributed by atoms with Crippen LogP contribution in [0.2, 0.25) is 0 Å². The van der Waals surface area contributed by atoms with Crippen LogP contribution in [0, 0.1) is 5.82 Å². The highest BCUT2D eigenvalue weighted by Crippen LogP contribution is 2.20. The van der Waals surface area contributed by atoms with Gasteiger partial charge in [0.05, 0.1) is 12.1 Å². The zero-order valence-electron chi connectivity index (χ0n) is 11.7. The second-order valence-electron chi connectivity index (χ2n) is 4.96. The second kappa shape index (κ2) is 6.33. The quantitative estimate of drug-likeness (QED) is 0.863. The zero-order valence-corrected chi connectivity index (χ0v) is 13.4. The minimum Gasteiger partial charge on any atom is -0.348 e. The Kier molecular flexibility index (Phi) is 4.90. The Balaban J connectivity index is 2.11. The maximum atomic E-state index is 13.8. The number of carbonyl (C=O) groups excluding carboxylic acids is 1. The number of sulfone groups is 1. The molecule has 5 nitrogen and oxygen atoms in total. The summed E-state index contributed by atoms with van der Waals surface area (Å²) in [6.45, 7) is 1.73. The highest BCUT2D eigenvalue weighted by molar-refractivity contribution is 7.99. The molecule has 21 heavy (non-hydrogen) atoms. The lowest BCUT2D eigenvalue weighted by Gasteiger charge is -2.17. The monoisotopic (exact) mass is 332 g/mol. The van der Waals surface area contributed by atoms with E-state index in [0.717, 1.165) is 18.2 Å². The largest absolute Gasteiger partial charge is 0.348 e. The molecule has 2 unspecified atom stereocenters. The zero-order chi connectivity index (χ0) is 15.6. The fourth-order valence-corrected chi connectivity index (χ4v) is 3.72. The first-order chi connectivity index (χ1) is 9.79. The molecule has 1 fully saturated rings. The molecule has 116 valence electrons. The van der Waals surface area contributed by atoms with Crippen molar-refractivity contribution < 1.29 is 17.6 Å². The summed E-state index contributed by atoms with van der Waals surface area (Å²) in [4.78, 5) is 11.6. The third-order valence-corrected chi connectivity index (χ3v) is 5.32. The molecule has 0 aliphatic carbocycles. The average Bonchev–Trinajstić information content (AvgIpc) is 2.90. The minimum atomic E-state index is -3.59. The molecule has 1 heterocycles. The van der Waals surface area contributed by atoms with Crippen molar-refractivity contribution in [1.82, 2.24) is 10.6 Å². The summed E-state index contributed by atoms with van der Waals surface area (Å²) in [7, 11) is -3.59. The van der Waals surface area contributed by atoms with Crippen LogP contribution in [-0.2, 0) is 14.6 Å². The number of nitrogens with one attached hydrogen (secondary N) is 2. The van der Waals surface area contributed by atoms with Crippen molar-refractivity contribution in [1.29, 1.82) is 0 Å². The number of rotatable bonds is 4. The SMILES string of the molecule is CC(NC(=O)C1CSCN1)c1ccc(S(C)(=O)=O)c(F)c1. The van der Waals surface area contributed by atoms with Crippen LogP contribution in [0.1, 0.15) is 18.5 Å². The van der Waals surface area contributed by atoms with Crippen LogP contribution in [0.3, 0.4) is 0 Å². The first kappa shape index (κ1) is 16.3. The van der Waals surface area contributed by atoms with Crippen LogP contribution in [0.15, 0.2) is 23.1 Å². The van der Waals surface area contributed by atoms with Gasteiger partial charge in [-0.3, -0.25) is 10.1 Å². The fraction of sp³-hybridized carbons (Fsp3) is 0.462. The molecular formula is C13H17FN2O3S2. The summed E-state index contributed by atoms with van der Waals surface area (Å²) < 4.78 is 36.6. The van der Waals surface area contributed by atoms with E-state index in [1.54, 1.807) is 18.7 Å².